The summed E-state index contributed by atoms with van der Waals surface area (Å²) in [6.07, 6.45) is 3.11. The van der Waals surface area contributed by atoms with E-state index in [9.17, 15) is 9.59 Å². The molecule has 0 aliphatic rings. The van der Waals surface area contributed by atoms with Crippen molar-refractivity contribution in [3.05, 3.63) is 52.4 Å². The van der Waals surface area contributed by atoms with Gasteiger partial charge in [0.1, 0.15) is 5.56 Å². The van der Waals surface area contributed by atoms with Gasteiger partial charge in [0.15, 0.2) is 0 Å². The number of H-pyrrole nitrogens is 1. The number of aromatic amines is 1. The molecule has 2 rings (SSSR count). The predicted molar refractivity (Wildman–Crippen MR) is 86.0 cm³/mol. The van der Waals surface area contributed by atoms with Gasteiger partial charge < -0.3 is 9.88 Å². The molecule has 0 saturated heterocycles. The molecule has 0 unspecified atom stereocenters. The van der Waals surface area contributed by atoms with Crippen molar-refractivity contribution in [2.24, 2.45) is 4.99 Å². The van der Waals surface area contributed by atoms with Crippen LogP contribution in [-0.4, -0.2) is 40.2 Å². The van der Waals surface area contributed by atoms with Crippen LogP contribution in [-0.2, 0) is 0 Å². The number of pyridine rings is 2. The number of aromatic nitrogens is 2. The fourth-order valence-corrected chi connectivity index (χ4v) is 1.90. The molecule has 0 radical (unpaired) electrons. The highest BCUT2D eigenvalue weighted by atomic mass is 16.2. The quantitative estimate of drug-likeness (QED) is 0.676. The number of hydrogen-bond donors (Lipinski definition) is 1. The molecule has 1 amide bonds. The van der Waals surface area contributed by atoms with Crippen molar-refractivity contribution in [3.8, 4) is 11.4 Å². The summed E-state index contributed by atoms with van der Waals surface area (Å²) >= 11 is 0. The van der Waals surface area contributed by atoms with Gasteiger partial charge in [-0.25, -0.2) is 0 Å². The second kappa shape index (κ2) is 7.31. The second-order valence-corrected chi connectivity index (χ2v) is 4.60. The summed E-state index contributed by atoms with van der Waals surface area (Å²) in [5, 5.41) is 0. The lowest BCUT2D eigenvalue weighted by atomic mass is 10.2. The molecule has 0 aliphatic heterocycles. The Morgan fingerprint density at radius 2 is 2.05 bits per heavy atom. The van der Waals surface area contributed by atoms with E-state index in [0.29, 0.717) is 11.4 Å². The number of aliphatic imine (C=N–C) groups is 1. The van der Waals surface area contributed by atoms with Crippen LogP contribution in [0, 0.1) is 0 Å². The lowest BCUT2D eigenvalue weighted by Gasteiger charge is -2.12. The summed E-state index contributed by atoms with van der Waals surface area (Å²) < 4.78 is 0. The van der Waals surface area contributed by atoms with Crippen LogP contribution in [0.3, 0.4) is 0 Å². The summed E-state index contributed by atoms with van der Waals surface area (Å²) in [6, 6.07) is 8.54. The first-order chi connectivity index (χ1) is 10.7. The fraction of sp³-hybridized carbons (Fsp3) is 0.250. The molecule has 0 atom stereocenters. The van der Waals surface area contributed by atoms with Crippen molar-refractivity contribution in [2.75, 3.05) is 13.1 Å². The molecule has 2 heterocycles. The summed E-state index contributed by atoms with van der Waals surface area (Å²) in [4.78, 5) is 36.5. The molecule has 114 valence electrons. The summed E-state index contributed by atoms with van der Waals surface area (Å²) in [5.41, 5.74) is 0.757. The van der Waals surface area contributed by atoms with Gasteiger partial charge in [-0.05, 0) is 38.1 Å². The molecule has 1 N–H and O–H groups in total. The fourth-order valence-electron chi connectivity index (χ4n) is 1.90. The molecule has 0 spiro atoms. The van der Waals surface area contributed by atoms with Crippen molar-refractivity contribution >= 4 is 12.2 Å². The Labute approximate surface area is 128 Å². The van der Waals surface area contributed by atoms with E-state index in [1.54, 1.807) is 24.4 Å². The van der Waals surface area contributed by atoms with Crippen LogP contribution in [0.4, 0.5) is 0 Å². The van der Waals surface area contributed by atoms with Crippen LogP contribution in [0.25, 0.3) is 11.4 Å². The number of carbonyl (C=O) groups is 1. The van der Waals surface area contributed by atoms with Crippen LogP contribution in [0.5, 0.6) is 0 Å². The topological polar surface area (TPSA) is 78.4 Å². The number of nitrogens with zero attached hydrogens (tertiary/aromatic N) is 3. The molecule has 0 aromatic carbocycles. The number of amides is 1. The van der Waals surface area contributed by atoms with E-state index in [4.69, 9.17) is 0 Å². The van der Waals surface area contributed by atoms with E-state index in [2.05, 4.69) is 15.0 Å². The highest BCUT2D eigenvalue weighted by Gasteiger charge is 2.10. The minimum atomic E-state index is -0.555. The Bertz CT molecular complexity index is 718. The predicted octanol–water partition coefficient (Wildman–Crippen LogP) is 1.95. The van der Waals surface area contributed by atoms with E-state index < -0.39 is 11.5 Å². The molecule has 6 nitrogen and oxygen atoms in total. The standard InChI is InChI=1S/C16H18N4O2/c1-3-20(4-2)11-18-15(21)12-8-9-14(19-16(12)22)13-7-5-6-10-17-13/h5-11H,3-4H2,1-2H3,(H,19,22). The first-order valence-electron chi connectivity index (χ1n) is 7.13. The zero-order valence-electron chi connectivity index (χ0n) is 12.6. The summed E-state index contributed by atoms with van der Waals surface area (Å²) in [5.74, 6) is -0.555. The number of hydrogen-bond acceptors (Lipinski definition) is 3. The van der Waals surface area contributed by atoms with Crippen LogP contribution in [0.1, 0.15) is 24.2 Å². The smallest absolute Gasteiger partial charge is 0.283 e. The Balaban J connectivity index is 2.23. The Hall–Kier alpha value is -2.76. The number of nitrogens with one attached hydrogen (secondary N) is 1. The first-order valence-corrected chi connectivity index (χ1v) is 7.13. The zero-order chi connectivity index (χ0) is 15.9. The van der Waals surface area contributed by atoms with Crippen molar-refractivity contribution in [3.63, 3.8) is 0 Å². The molecule has 6 heteroatoms. The SMILES string of the molecule is CCN(C=NC(=O)c1ccc(-c2ccccn2)[nH]c1=O)CC. The van der Waals surface area contributed by atoms with E-state index in [-0.39, 0.29) is 5.56 Å². The normalized spacial score (nSPS) is 10.8. The summed E-state index contributed by atoms with van der Waals surface area (Å²) in [6.45, 7) is 5.44. The molecular weight excluding hydrogens is 280 g/mol. The lowest BCUT2D eigenvalue weighted by Crippen LogP contribution is -2.22. The van der Waals surface area contributed by atoms with Crippen LogP contribution < -0.4 is 5.56 Å². The third-order valence-electron chi connectivity index (χ3n) is 3.23. The third kappa shape index (κ3) is 3.66. The van der Waals surface area contributed by atoms with Crippen LogP contribution in [0.15, 0.2) is 46.3 Å². The van der Waals surface area contributed by atoms with Gasteiger partial charge in [-0.1, -0.05) is 6.07 Å². The van der Waals surface area contributed by atoms with Gasteiger partial charge in [-0.3, -0.25) is 14.6 Å². The molecule has 2 aromatic rings. The van der Waals surface area contributed by atoms with Gasteiger partial charge in [-0.2, -0.15) is 4.99 Å². The van der Waals surface area contributed by atoms with Gasteiger partial charge in [0.05, 0.1) is 17.7 Å². The monoisotopic (exact) mass is 298 g/mol. The van der Waals surface area contributed by atoms with Crippen molar-refractivity contribution in [2.45, 2.75) is 13.8 Å². The molecule has 0 fully saturated rings. The van der Waals surface area contributed by atoms with E-state index in [0.717, 1.165) is 13.1 Å². The van der Waals surface area contributed by atoms with E-state index in [1.165, 1.54) is 12.4 Å². The van der Waals surface area contributed by atoms with Gasteiger partial charge in [0.25, 0.3) is 11.5 Å². The Kier molecular flexibility index (Phi) is 5.19. The van der Waals surface area contributed by atoms with E-state index >= 15 is 0 Å². The molecule has 0 bridgehead atoms. The second-order valence-electron chi connectivity index (χ2n) is 4.60. The minimum absolute atomic E-state index is 0.0167. The minimum Gasteiger partial charge on any atom is -0.363 e. The van der Waals surface area contributed by atoms with Gasteiger partial charge in [0.2, 0.25) is 0 Å². The van der Waals surface area contributed by atoms with Gasteiger partial charge >= 0.3 is 0 Å². The molecule has 2 aromatic heterocycles. The van der Waals surface area contributed by atoms with E-state index in [1.807, 2.05) is 24.8 Å². The first kappa shape index (κ1) is 15.6. The van der Waals surface area contributed by atoms with Crippen LogP contribution in [0.2, 0.25) is 0 Å². The highest BCUT2D eigenvalue weighted by molar-refractivity contribution is 5.98. The van der Waals surface area contributed by atoms with Crippen molar-refractivity contribution in [1.29, 1.82) is 0 Å². The van der Waals surface area contributed by atoms with Gasteiger partial charge in [-0.15, -0.1) is 0 Å². The number of rotatable bonds is 5. The Morgan fingerprint density at radius 3 is 2.64 bits per heavy atom. The van der Waals surface area contributed by atoms with Gasteiger partial charge in [0, 0.05) is 19.3 Å². The Morgan fingerprint density at radius 1 is 1.27 bits per heavy atom. The average Bonchev–Trinajstić information content (AvgIpc) is 2.56. The molecular formula is C16H18N4O2. The van der Waals surface area contributed by atoms with Crippen LogP contribution >= 0.6 is 0 Å². The highest BCUT2D eigenvalue weighted by Crippen LogP contribution is 2.11. The lowest BCUT2D eigenvalue weighted by molar-refractivity contribution is 0.100. The molecule has 22 heavy (non-hydrogen) atoms. The zero-order valence-corrected chi connectivity index (χ0v) is 12.6. The molecule has 0 saturated carbocycles. The van der Waals surface area contributed by atoms with Crippen molar-refractivity contribution < 1.29 is 4.79 Å². The number of carbonyl (C=O) groups excluding carboxylic acids is 1. The molecule has 0 aliphatic carbocycles. The maximum absolute atomic E-state index is 12.0. The largest absolute Gasteiger partial charge is 0.363 e. The summed E-state index contributed by atoms with van der Waals surface area (Å²) in [7, 11) is 0. The third-order valence-corrected chi connectivity index (χ3v) is 3.23. The maximum atomic E-state index is 12.0. The maximum Gasteiger partial charge on any atom is 0.283 e. The average molecular weight is 298 g/mol. The van der Waals surface area contributed by atoms with Crippen molar-refractivity contribution in [1.82, 2.24) is 14.9 Å².